The summed E-state index contributed by atoms with van der Waals surface area (Å²) in [5, 5.41) is 19.0. The predicted octanol–water partition coefficient (Wildman–Crippen LogP) is -0.319. The van der Waals surface area contributed by atoms with Crippen LogP contribution in [-0.4, -0.2) is 35.0 Å². The number of carbonyl (C=O) groups excluding carboxylic acids is 1. The lowest BCUT2D eigenvalue weighted by molar-refractivity contribution is -0.156. The van der Waals surface area contributed by atoms with Crippen LogP contribution in [-0.2, 0) is 9.53 Å². The van der Waals surface area contributed by atoms with Crippen LogP contribution < -0.4 is 0 Å². The Morgan fingerprint density at radius 3 is 2.50 bits per heavy atom. The van der Waals surface area contributed by atoms with Crippen LogP contribution in [0.5, 0.6) is 0 Å². The van der Waals surface area contributed by atoms with Gasteiger partial charge in [0.1, 0.15) is 5.60 Å². The second kappa shape index (κ2) is 3.03. The average molecular weight is 174 g/mol. The van der Waals surface area contributed by atoms with Crippen LogP contribution in [0.3, 0.4) is 0 Å². The van der Waals surface area contributed by atoms with E-state index in [0.29, 0.717) is 12.8 Å². The van der Waals surface area contributed by atoms with Gasteiger partial charge < -0.3 is 14.9 Å². The number of carbonyl (C=O) groups is 1. The molecule has 0 aromatic carbocycles. The second-order valence-electron chi connectivity index (χ2n) is 3.39. The molecule has 1 rings (SSSR count). The quantitative estimate of drug-likeness (QED) is 0.535. The third kappa shape index (κ3) is 1.32. The van der Waals surface area contributed by atoms with Crippen molar-refractivity contribution < 1.29 is 19.7 Å². The molecule has 0 heterocycles. The summed E-state index contributed by atoms with van der Waals surface area (Å²) >= 11 is 0. The molecule has 0 spiro atoms. The molecule has 4 nitrogen and oxygen atoms in total. The van der Waals surface area contributed by atoms with Gasteiger partial charge in [-0.1, -0.05) is 0 Å². The standard InChI is InChI=1S/C8H14O4/c1-8(11)5(7(10)12-2)3-4-6(8)9/h5-6,9,11H,3-4H2,1-2H3. The summed E-state index contributed by atoms with van der Waals surface area (Å²) in [5.41, 5.74) is -1.33. The number of aliphatic hydroxyl groups is 2. The van der Waals surface area contributed by atoms with Gasteiger partial charge in [0.05, 0.1) is 19.1 Å². The number of hydrogen-bond donors (Lipinski definition) is 2. The van der Waals surface area contributed by atoms with E-state index in [9.17, 15) is 15.0 Å². The lowest BCUT2D eigenvalue weighted by Crippen LogP contribution is -2.43. The van der Waals surface area contributed by atoms with Gasteiger partial charge in [-0.2, -0.15) is 0 Å². The van der Waals surface area contributed by atoms with Crippen LogP contribution in [0.2, 0.25) is 0 Å². The summed E-state index contributed by atoms with van der Waals surface area (Å²) < 4.78 is 4.51. The maximum absolute atomic E-state index is 11.1. The lowest BCUT2D eigenvalue weighted by atomic mass is 9.92. The fourth-order valence-corrected chi connectivity index (χ4v) is 1.64. The molecule has 1 fully saturated rings. The van der Waals surface area contributed by atoms with E-state index < -0.39 is 23.6 Å². The molecule has 0 bridgehead atoms. The maximum atomic E-state index is 11.1. The smallest absolute Gasteiger partial charge is 0.311 e. The molecule has 0 saturated heterocycles. The maximum Gasteiger partial charge on any atom is 0.311 e. The van der Waals surface area contributed by atoms with E-state index in [4.69, 9.17) is 0 Å². The highest BCUT2D eigenvalue weighted by molar-refractivity contribution is 5.74. The molecule has 70 valence electrons. The molecule has 1 aliphatic carbocycles. The normalized spacial score (nSPS) is 41.3. The predicted molar refractivity (Wildman–Crippen MR) is 41.4 cm³/mol. The first-order chi connectivity index (χ1) is 5.50. The lowest BCUT2D eigenvalue weighted by Gasteiger charge is -2.26. The summed E-state index contributed by atoms with van der Waals surface area (Å²) in [5.74, 6) is -1.03. The van der Waals surface area contributed by atoms with Gasteiger partial charge in [-0.3, -0.25) is 4.79 Å². The summed E-state index contributed by atoms with van der Waals surface area (Å²) in [6.45, 7) is 1.46. The Bertz CT molecular complexity index is 187. The molecular weight excluding hydrogens is 160 g/mol. The van der Waals surface area contributed by atoms with Gasteiger partial charge in [0.2, 0.25) is 0 Å². The first-order valence-electron chi connectivity index (χ1n) is 3.98. The molecule has 4 heteroatoms. The third-order valence-corrected chi connectivity index (χ3v) is 2.59. The summed E-state index contributed by atoms with van der Waals surface area (Å²) in [7, 11) is 1.28. The van der Waals surface area contributed by atoms with Crippen LogP contribution in [0, 0.1) is 5.92 Å². The Kier molecular flexibility index (Phi) is 2.39. The van der Waals surface area contributed by atoms with Gasteiger partial charge in [0.25, 0.3) is 0 Å². The van der Waals surface area contributed by atoms with Crippen molar-refractivity contribution in [3.05, 3.63) is 0 Å². The number of aliphatic hydroxyl groups excluding tert-OH is 1. The van der Waals surface area contributed by atoms with E-state index in [0.717, 1.165) is 0 Å². The second-order valence-corrected chi connectivity index (χ2v) is 3.39. The van der Waals surface area contributed by atoms with Crippen molar-refractivity contribution in [2.45, 2.75) is 31.5 Å². The van der Waals surface area contributed by atoms with Crippen molar-refractivity contribution >= 4 is 5.97 Å². The number of hydrogen-bond acceptors (Lipinski definition) is 4. The first-order valence-corrected chi connectivity index (χ1v) is 3.98. The minimum absolute atomic E-state index is 0.448. The van der Waals surface area contributed by atoms with Gasteiger partial charge in [-0.15, -0.1) is 0 Å². The van der Waals surface area contributed by atoms with Gasteiger partial charge in [-0.05, 0) is 19.8 Å². The zero-order valence-corrected chi connectivity index (χ0v) is 7.28. The molecule has 12 heavy (non-hydrogen) atoms. The Morgan fingerprint density at radius 2 is 2.17 bits per heavy atom. The van der Waals surface area contributed by atoms with Gasteiger partial charge in [0.15, 0.2) is 0 Å². The SMILES string of the molecule is COC(=O)C1CCC(O)C1(C)O. The largest absolute Gasteiger partial charge is 0.469 e. The molecule has 0 amide bonds. The van der Waals surface area contributed by atoms with E-state index in [1.165, 1.54) is 14.0 Å². The molecule has 3 unspecified atom stereocenters. The topological polar surface area (TPSA) is 66.8 Å². The summed E-state index contributed by atoms with van der Waals surface area (Å²) in [6, 6.07) is 0. The molecule has 0 aromatic rings. The van der Waals surface area contributed by atoms with E-state index in [-0.39, 0.29) is 0 Å². The Labute approximate surface area is 71.2 Å². The molecular formula is C8H14O4. The molecule has 0 aliphatic heterocycles. The third-order valence-electron chi connectivity index (χ3n) is 2.59. The zero-order valence-electron chi connectivity index (χ0n) is 7.28. The van der Waals surface area contributed by atoms with Crippen molar-refractivity contribution in [1.29, 1.82) is 0 Å². The van der Waals surface area contributed by atoms with Crippen molar-refractivity contribution in [2.24, 2.45) is 5.92 Å². The molecule has 3 atom stereocenters. The van der Waals surface area contributed by atoms with E-state index in [1.54, 1.807) is 0 Å². The minimum atomic E-state index is -1.33. The minimum Gasteiger partial charge on any atom is -0.469 e. The van der Waals surface area contributed by atoms with Crippen molar-refractivity contribution in [3.63, 3.8) is 0 Å². The highest BCUT2D eigenvalue weighted by Crippen LogP contribution is 2.36. The van der Waals surface area contributed by atoms with Crippen LogP contribution in [0.4, 0.5) is 0 Å². The fourth-order valence-electron chi connectivity index (χ4n) is 1.64. The molecule has 2 N–H and O–H groups in total. The number of methoxy groups -OCH3 is 1. The molecule has 1 saturated carbocycles. The number of ether oxygens (including phenoxy) is 1. The van der Waals surface area contributed by atoms with Crippen LogP contribution in [0.1, 0.15) is 19.8 Å². The summed E-state index contributed by atoms with van der Waals surface area (Å²) in [4.78, 5) is 11.1. The Balaban J connectivity index is 2.74. The van der Waals surface area contributed by atoms with E-state index in [2.05, 4.69) is 4.74 Å². The molecule has 0 aromatic heterocycles. The van der Waals surface area contributed by atoms with Gasteiger partial charge >= 0.3 is 5.97 Å². The van der Waals surface area contributed by atoms with Crippen LogP contribution in [0.15, 0.2) is 0 Å². The summed E-state index contributed by atoms with van der Waals surface area (Å²) in [6.07, 6.45) is 0.120. The first kappa shape index (κ1) is 9.48. The molecule has 0 radical (unpaired) electrons. The van der Waals surface area contributed by atoms with Gasteiger partial charge in [0, 0.05) is 0 Å². The zero-order chi connectivity index (χ0) is 9.35. The number of rotatable bonds is 1. The Hall–Kier alpha value is -0.610. The fraction of sp³-hybridized carbons (Fsp3) is 0.875. The highest BCUT2D eigenvalue weighted by Gasteiger charge is 2.48. The monoisotopic (exact) mass is 174 g/mol. The van der Waals surface area contributed by atoms with Crippen molar-refractivity contribution in [3.8, 4) is 0 Å². The van der Waals surface area contributed by atoms with Crippen LogP contribution >= 0.6 is 0 Å². The highest BCUT2D eigenvalue weighted by atomic mass is 16.5. The number of esters is 1. The van der Waals surface area contributed by atoms with Crippen LogP contribution in [0.25, 0.3) is 0 Å². The van der Waals surface area contributed by atoms with Crippen molar-refractivity contribution in [2.75, 3.05) is 7.11 Å². The molecule has 1 aliphatic rings. The van der Waals surface area contributed by atoms with E-state index in [1.807, 2.05) is 0 Å². The average Bonchev–Trinajstić information content (AvgIpc) is 2.27. The van der Waals surface area contributed by atoms with E-state index >= 15 is 0 Å². The van der Waals surface area contributed by atoms with Gasteiger partial charge in [-0.25, -0.2) is 0 Å². The van der Waals surface area contributed by atoms with Crippen molar-refractivity contribution in [1.82, 2.24) is 0 Å². The Morgan fingerprint density at radius 1 is 1.58 bits per heavy atom.